The van der Waals surface area contributed by atoms with Gasteiger partial charge in [0.15, 0.2) is 5.82 Å². The molecule has 2 nitrogen and oxygen atoms in total. The van der Waals surface area contributed by atoms with E-state index in [-0.39, 0.29) is 5.56 Å². The highest BCUT2D eigenvalue weighted by Crippen LogP contribution is 2.36. The zero-order valence-corrected chi connectivity index (χ0v) is 9.57. The number of rotatable bonds is 3. The summed E-state index contributed by atoms with van der Waals surface area (Å²) < 4.78 is 90.2. The highest BCUT2D eigenvalue weighted by molar-refractivity contribution is 6.17. The second-order valence-corrected chi connectivity index (χ2v) is 3.57. The largest absolute Gasteiger partial charge is 0.453 e. The Bertz CT molecular complexity index is 431. The molecule has 0 fully saturated rings. The average Bonchev–Trinajstić information content (AvgIpc) is 2.24. The van der Waals surface area contributed by atoms with Crippen LogP contribution in [-0.4, -0.2) is 23.4 Å². The molecule has 0 aliphatic heterocycles. The first-order valence-corrected chi connectivity index (χ1v) is 5.10. The first-order valence-electron chi connectivity index (χ1n) is 4.56. The van der Waals surface area contributed by atoms with Crippen molar-refractivity contribution in [3.8, 4) is 5.88 Å². The molecule has 0 aromatic carbocycles. The van der Waals surface area contributed by atoms with Gasteiger partial charge in [0.1, 0.15) is 0 Å². The van der Waals surface area contributed by atoms with Crippen LogP contribution in [0.5, 0.6) is 5.88 Å². The first-order chi connectivity index (χ1) is 8.57. The molecule has 108 valence electrons. The number of ether oxygens (including phenoxy) is 1. The summed E-state index contributed by atoms with van der Waals surface area (Å²) in [6.07, 6.45) is -14.9. The van der Waals surface area contributed by atoms with Crippen LogP contribution in [0.3, 0.4) is 0 Å². The van der Waals surface area contributed by atoms with E-state index in [0.29, 0.717) is 0 Å². The summed E-state index contributed by atoms with van der Waals surface area (Å²) in [7, 11) is 0. The molecule has 0 amide bonds. The van der Waals surface area contributed by atoms with Gasteiger partial charge in [0.25, 0.3) is 12.0 Å². The van der Waals surface area contributed by atoms with Gasteiger partial charge < -0.3 is 4.74 Å². The zero-order chi connectivity index (χ0) is 14.8. The third-order valence-corrected chi connectivity index (χ3v) is 2.19. The highest BCUT2D eigenvalue weighted by Gasteiger charge is 2.59. The van der Waals surface area contributed by atoms with Crippen molar-refractivity contribution in [2.45, 2.75) is 24.3 Å². The van der Waals surface area contributed by atoms with Crippen molar-refractivity contribution in [3.05, 3.63) is 23.6 Å². The Balaban J connectivity index is 3.11. The van der Waals surface area contributed by atoms with Gasteiger partial charge in [0, 0.05) is 11.8 Å². The number of halogens is 8. The highest BCUT2D eigenvalue weighted by atomic mass is 35.5. The van der Waals surface area contributed by atoms with Crippen LogP contribution in [0.25, 0.3) is 0 Å². The van der Waals surface area contributed by atoms with Crippen molar-refractivity contribution < 1.29 is 35.5 Å². The van der Waals surface area contributed by atoms with Crippen LogP contribution in [0.2, 0.25) is 0 Å². The smallest absolute Gasteiger partial charge is 0.434 e. The quantitative estimate of drug-likeness (QED) is 0.625. The van der Waals surface area contributed by atoms with Crippen LogP contribution in [-0.2, 0) is 5.88 Å². The number of hydrogen-bond acceptors (Lipinski definition) is 2. The average molecular weight is 312 g/mol. The Labute approximate surface area is 107 Å². The minimum absolute atomic E-state index is 0.324. The Morgan fingerprint density at radius 2 is 1.68 bits per heavy atom. The number of hydrogen-bond donors (Lipinski definition) is 0. The summed E-state index contributed by atoms with van der Waals surface area (Å²) >= 11 is 5.25. The summed E-state index contributed by atoms with van der Waals surface area (Å²) in [6, 6.07) is 1.01. The van der Waals surface area contributed by atoms with Crippen LogP contribution in [0.15, 0.2) is 12.3 Å². The van der Waals surface area contributed by atoms with Crippen molar-refractivity contribution in [1.29, 1.82) is 0 Å². The van der Waals surface area contributed by atoms with Gasteiger partial charge in [-0.3, -0.25) is 0 Å². The number of nitrogens with zero attached hydrogens (tertiary/aromatic N) is 1. The normalized spacial score (nSPS) is 12.9. The van der Waals surface area contributed by atoms with Gasteiger partial charge in [-0.15, -0.1) is 11.6 Å². The molecule has 10 heteroatoms. The van der Waals surface area contributed by atoms with Crippen LogP contribution < -0.4 is 4.74 Å². The molecule has 0 radical (unpaired) electrons. The predicted molar refractivity (Wildman–Crippen MR) is 50.3 cm³/mol. The maximum atomic E-state index is 13.4. The molecule has 0 unspecified atom stereocenters. The standard InChI is InChI=1S/C9H5ClF7NO/c10-3-4-1-2-18-6(5(4)11)19-7(8(12,13)14)9(15,16)17/h1-2,7H,3H2. The minimum Gasteiger partial charge on any atom is -0.453 e. The van der Waals surface area contributed by atoms with Gasteiger partial charge >= 0.3 is 12.4 Å². The van der Waals surface area contributed by atoms with E-state index in [9.17, 15) is 30.7 Å². The maximum Gasteiger partial charge on any atom is 0.434 e. The Hall–Kier alpha value is -1.25. The van der Waals surface area contributed by atoms with Gasteiger partial charge in [-0.1, -0.05) is 0 Å². The fourth-order valence-corrected chi connectivity index (χ4v) is 1.28. The molecule has 0 saturated carbocycles. The first kappa shape index (κ1) is 15.8. The predicted octanol–water partition coefficient (Wildman–Crippen LogP) is 3.83. The molecule has 0 aliphatic carbocycles. The molecule has 0 bridgehead atoms. The molecule has 0 aliphatic rings. The van der Waals surface area contributed by atoms with E-state index in [2.05, 4.69) is 9.72 Å². The third kappa shape index (κ3) is 3.85. The molecule has 1 heterocycles. The lowest BCUT2D eigenvalue weighted by molar-refractivity contribution is -0.300. The van der Waals surface area contributed by atoms with Crippen LogP contribution in [0, 0.1) is 5.82 Å². The number of alkyl halides is 7. The van der Waals surface area contributed by atoms with Crippen LogP contribution >= 0.6 is 11.6 Å². The molecule has 0 atom stereocenters. The Morgan fingerprint density at radius 1 is 1.16 bits per heavy atom. The molecular formula is C9H5ClF7NO. The lowest BCUT2D eigenvalue weighted by atomic mass is 10.3. The molecule has 1 aromatic rings. The summed E-state index contributed by atoms with van der Waals surface area (Å²) in [5, 5.41) is 0. The SMILES string of the molecule is Fc1c(CCl)ccnc1OC(C(F)(F)F)C(F)(F)F. The van der Waals surface area contributed by atoms with Crippen molar-refractivity contribution in [1.82, 2.24) is 4.98 Å². The summed E-state index contributed by atoms with van der Waals surface area (Å²) in [4.78, 5) is 3.00. The van der Waals surface area contributed by atoms with E-state index in [1.54, 1.807) is 0 Å². The summed E-state index contributed by atoms with van der Waals surface area (Å²) in [5.41, 5.74) is -0.324. The summed E-state index contributed by atoms with van der Waals surface area (Å²) in [6.45, 7) is 0. The van der Waals surface area contributed by atoms with E-state index in [1.165, 1.54) is 0 Å². The second kappa shape index (κ2) is 5.40. The fourth-order valence-electron chi connectivity index (χ4n) is 1.08. The van der Waals surface area contributed by atoms with Crippen molar-refractivity contribution >= 4 is 11.6 Å². The van der Waals surface area contributed by atoms with Gasteiger partial charge in [-0.2, -0.15) is 26.3 Å². The Kier molecular flexibility index (Phi) is 4.49. The monoisotopic (exact) mass is 311 g/mol. The van der Waals surface area contributed by atoms with Gasteiger partial charge in [0.05, 0.1) is 5.88 Å². The zero-order valence-electron chi connectivity index (χ0n) is 8.82. The molecule has 1 aromatic heterocycles. The van der Waals surface area contributed by atoms with E-state index >= 15 is 0 Å². The lowest BCUT2D eigenvalue weighted by Gasteiger charge is -2.23. The van der Waals surface area contributed by atoms with Gasteiger partial charge in [0.2, 0.25) is 0 Å². The number of pyridine rings is 1. The Morgan fingerprint density at radius 3 is 2.11 bits per heavy atom. The topological polar surface area (TPSA) is 22.1 Å². The van der Waals surface area contributed by atoms with E-state index in [1.807, 2.05) is 0 Å². The lowest BCUT2D eigenvalue weighted by Crippen LogP contribution is -2.46. The van der Waals surface area contributed by atoms with Crippen molar-refractivity contribution in [2.24, 2.45) is 0 Å². The molecular weight excluding hydrogens is 307 g/mol. The van der Waals surface area contributed by atoms with E-state index in [4.69, 9.17) is 11.6 Å². The molecule has 0 spiro atoms. The van der Waals surface area contributed by atoms with Gasteiger partial charge in [-0.25, -0.2) is 9.37 Å². The molecule has 0 N–H and O–H groups in total. The molecule has 1 rings (SSSR count). The van der Waals surface area contributed by atoms with Gasteiger partial charge in [-0.05, 0) is 6.07 Å². The van der Waals surface area contributed by atoms with E-state index < -0.39 is 36.0 Å². The van der Waals surface area contributed by atoms with Crippen LogP contribution in [0.4, 0.5) is 30.7 Å². The number of aromatic nitrogens is 1. The molecule has 0 saturated heterocycles. The maximum absolute atomic E-state index is 13.4. The fraction of sp³-hybridized carbons (Fsp3) is 0.444. The summed E-state index contributed by atoms with van der Waals surface area (Å²) in [5.74, 6) is -3.32. The van der Waals surface area contributed by atoms with Crippen LogP contribution in [0.1, 0.15) is 5.56 Å². The van der Waals surface area contributed by atoms with Crippen molar-refractivity contribution in [2.75, 3.05) is 0 Å². The molecule has 19 heavy (non-hydrogen) atoms. The third-order valence-electron chi connectivity index (χ3n) is 1.91. The minimum atomic E-state index is -5.75. The van der Waals surface area contributed by atoms with Crippen molar-refractivity contribution in [3.63, 3.8) is 0 Å². The second-order valence-electron chi connectivity index (χ2n) is 3.30. The van der Waals surface area contributed by atoms with E-state index in [0.717, 1.165) is 12.3 Å².